The molecule has 4 rings (SSSR count). The lowest BCUT2D eigenvalue weighted by Crippen LogP contribution is -3.16. The van der Waals surface area contributed by atoms with Crippen LogP contribution in [0.3, 0.4) is 0 Å². The Bertz CT molecular complexity index is 770. The summed E-state index contributed by atoms with van der Waals surface area (Å²) < 4.78 is 11.1. The van der Waals surface area contributed by atoms with Gasteiger partial charge in [-0.1, -0.05) is 6.07 Å². The van der Waals surface area contributed by atoms with Crippen molar-refractivity contribution in [3.63, 3.8) is 0 Å². The van der Waals surface area contributed by atoms with Crippen LogP contribution in [0, 0.1) is 0 Å². The second-order valence-corrected chi connectivity index (χ2v) is 7.89. The van der Waals surface area contributed by atoms with Crippen molar-refractivity contribution in [2.24, 2.45) is 0 Å². The summed E-state index contributed by atoms with van der Waals surface area (Å²) in [4.78, 5) is 3.84. The number of aliphatic hydroxyl groups excluding tert-OH is 1. The first-order chi connectivity index (χ1) is 13.7. The van der Waals surface area contributed by atoms with Gasteiger partial charge in [-0.25, -0.2) is 0 Å². The van der Waals surface area contributed by atoms with E-state index in [2.05, 4.69) is 29.2 Å². The van der Waals surface area contributed by atoms with Crippen LogP contribution >= 0.6 is 0 Å². The minimum Gasteiger partial charge on any atom is -0.497 e. The Kier molecular flexibility index (Phi) is 6.03. The van der Waals surface area contributed by atoms with Crippen LogP contribution in [-0.4, -0.2) is 57.7 Å². The number of aliphatic hydroxyl groups is 1. The van der Waals surface area contributed by atoms with E-state index in [4.69, 9.17) is 9.47 Å². The number of ether oxygens (including phenoxy) is 2. The minimum atomic E-state index is -0.434. The van der Waals surface area contributed by atoms with Gasteiger partial charge in [0.25, 0.3) is 0 Å². The molecule has 0 saturated carbocycles. The molecule has 0 bridgehead atoms. The number of hydrogen-bond acceptors (Lipinski definition) is 4. The smallest absolute Gasteiger partial charge is 0.137 e. The fourth-order valence-corrected chi connectivity index (χ4v) is 4.30. The number of piperazine rings is 1. The van der Waals surface area contributed by atoms with Gasteiger partial charge in [-0.05, 0) is 66.8 Å². The fraction of sp³-hybridized carbons (Fsp3) is 0.478. The zero-order valence-corrected chi connectivity index (χ0v) is 16.7. The van der Waals surface area contributed by atoms with Gasteiger partial charge < -0.3 is 24.4 Å². The maximum Gasteiger partial charge on any atom is 0.137 e. The van der Waals surface area contributed by atoms with E-state index in [1.165, 1.54) is 34.6 Å². The molecular formula is C23H31N2O3+. The highest BCUT2D eigenvalue weighted by atomic mass is 16.5. The molecule has 0 amide bonds. The van der Waals surface area contributed by atoms with Crippen molar-refractivity contribution in [2.75, 3.05) is 51.3 Å². The van der Waals surface area contributed by atoms with Crippen LogP contribution in [0.1, 0.15) is 17.5 Å². The second kappa shape index (κ2) is 8.84. The molecule has 1 heterocycles. The number of fused-ring (bicyclic) bond motifs is 1. The zero-order valence-electron chi connectivity index (χ0n) is 16.7. The number of nitrogens with one attached hydrogen (secondary N) is 1. The maximum atomic E-state index is 10.4. The van der Waals surface area contributed by atoms with Crippen LogP contribution in [0.5, 0.6) is 11.5 Å². The summed E-state index contributed by atoms with van der Waals surface area (Å²) in [5.41, 5.74) is 4.10. The van der Waals surface area contributed by atoms with Gasteiger partial charge in [-0.3, -0.25) is 0 Å². The summed E-state index contributed by atoms with van der Waals surface area (Å²) in [5.74, 6) is 1.78. The third-order valence-electron chi connectivity index (χ3n) is 5.94. The van der Waals surface area contributed by atoms with Gasteiger partial charge in [-0.15, -0.1) is 0 Å². The average Bonchev–Trinajstić information content (AvgIpc) is 3.21. The average molecular weight is 384 g/mol. The number of aryl methyl sites for hydroxylation is 2. The summed E-state index contributed by atoms with van der Waals surface area (Å²) >= 11 is 0. The quantitative estimate of drug-likeness (QED) is 0.757. The number of nitrogens with zero attached hydrogens (tertiary/aromatic N) is 1. The van der Waals surface area contributed by atoms with Crippen LogP contribution in [0.15, 0.2) is 42.5 Å². The number of rotatable bonds is 7. The van der Waals surface area contributed by atoms with E-state index in [-0.39, 0.29) is 0 Å². The van der Waals surface area contributed by atoms with E-state index in [1.807, 2.05) is 18.2 Å². The molecule has 1 aliphatic carbocycles. The van der Waals surface area contributed by atoms with Gasteiger partial charge in [0, 0.05) is 5.69 Å². The summed E-state index contributed by atoms with van der Waals surface area (Å²) in [6.07, 6.45) is 3.14. The molecule has 150 valence electrons. The molecule has 1 aliphatic heterocycles. The van der Waals surface area contributed by atoms with Crippen LogP contribution < -0.4 is 19.3 Å². The topological polar surface area (TPSA) is 46.4 Å². The molecule has 2 N–H and O–H groups in total. The van der Waals surface area contributed by atoms with Gasteiger partial charge >= 0.3 is 0 Å². The third-order valence-corrected chi connectivity index (χ3v) is 5.94. The Morgan fingerprint density at radius 1 is 1.00 bits per heavy atom. The number of anilines is 1. The van der Waals surface area contributed by atoms with Crippen LogP contribution in [0.25, 0.3) is 0 Å². The molecule has 1 saturated heterocycles. The molecule has 5 heteroatoms. The van der Waals surface area contributed by atoms with Crippen LogP contribution in [-0.2, 0) is 12.8 Å². The van der Waals surface area contributed by atoms with Gasteiger partial charge in [0.1, 0.15) is 30.8 Å². The van der Waals surface area contributed by atoms with Gasteiger partial charge in [0.05, 0.1) is 33.3 Å². The Balaban J connectivity index is 1.21. The van der Waals surface area contributed by atoms with Crippen LogP contribution in [0.2, 0.25) is 0 Å². The third kappa shape index (κ3) is 4.59. The van der Waals surface area contributed by atoms with E-state index in [9.17, 15) is 5.11 Å². The van der Waals surface area contributed by atoms with Gasteiger partial charge in [-0.2, -0.15) is 0 Å². The largest absolute Gasteiger partial charge is 0.497 e. The first-order valence-electron chi connectivity index (χ1n) is 10.4. The normalized spacial score (nSPS) is 18.0. The van der Waals surface area contributed by atoms with Crippen molar-refractivity contribution in [1.82, 2.24) is 0 Å². The van der Waals surface area contributed by atoms with Crippen molar-refractivity contribution < 1.29 is 19.5 Å². The molecule has 1 fully saturated rings. The molecule has 5 nitrogen and oxygen atoms in total. The number of quaternary nitrogens is 1. The van der Waals surface area contributed by atoms with Crippen molar-refractivity contribution in [3.8, 4) is 11.5 Å². The Morgan fingerprint density at radius 3 is 2.46 bits per heavy atom. The van der Waals surface area contributed by atoms with Crippen molar-refractivity contribution in [2.45, 2.75) is 25.4 Å². The highest BCUT2D eigenvalue weighted by Gasteiger charge is 2.23. The predicted molar refractivity (Wildman–Crippen MR) is 111 cm³/mol. The van der Waals surface area contributed by atoms with Crippen molar-refractivity contribution in [3.05, 3.63) is 53.6 Å². The Hall–Kier alpha value is -2.24. The highest BCUT2D eigenvalue weighted by molar-refractivity contribution is 5.49. The molecule has 1 atom stereocenters. The monoisotopic (exact) mass is 383 g/mol. The molecule has 0 spiro atoms. The van der Waals surface area contributed by atoms with E-state index in [1.54, 1.807) is 7.11 Å². The summed E-state index contributed by atoms with van der Waals surface area (Å²) in [5, 5.41) is 10.4. The second-order valence-electron chi connectivity index (χ2n) is 7.89. The zero-order chi connectivity index (χ0) is 19.3. The SMILES string of the molecule is COc1ccc(N2CC[NH+](C[C@@H](O)COc3ccc4c(c3)CCC4)CC2)cc1. The molecular weight excluding hydrogens is 352 g/mol. The number of methoxy groups -OCH3 is 1. The lowest BCUT2D eigenvalue weighted by molar-refractivity contribution is -0.903. The Morgan fingerprint density at radius 2 is 1.71 bits per heavy atom. The van der Waals surface area contributed by atoms with Crippen molar-refractivity contribution >= 4 is 5.69 Å². The van der Waals surface area contributed by atoms with Gasteiger partial charge in [0.15, 0.2) is 0 Å². The summed E-state index contributed by atoms with van der Waals surface area (Å²) in [6, 6.07) is 14.6. The molecule has 2 aromatic rings. The maximum absolute atomic E-state index is 10.4. The number of hydrogen-bond donors (Lipinski definition) is 2. The molecule has 0 radical (unpaired) electrons. The minimum absolute atomic E-state index is 0.366. The number of benzene rings is 2. The van der Waals surface area contributed by atoms with E-state index >= 15 is 0 Å². The molecule has 0 unspecified atom stereocenters. The van der Waals surface area contributed by atoms with E-state index < -0.39 is 6.10 Å². The molecule has 2 aromatic carbocycles. The van der Waals surface area contributed by atoms with E-state index in [0.717, 1.165) is 50.6 Å². The lowest BCUT2D eigenvalue weighted by Gasteiger charge is -2.34. The highest BCUT2D eigenvalue weighted by Crippen LogP contribution is 2.26. The van der Waals surface area contributed by atoms with Gasteiger partial charge in [0.2, 0.25) is 0 Å². The summed E-state index contributed by atoms with van der Waals surface area (Å²) in [7, 11) is 1.69. The standard InChI is InChI=1S/C23H30N2O3/c1-27-22-9-6-20(7-10-22)25-13-11-24(12-14-25)16-21(26)17-28-23-8-5-18-3-2-4-19(18)15-23/h5-10,15,21,26H,2-4,11-14,16-17H2,1H3/p+1/t21-/m1/s1. The van der Waals surface area contributed by atoms with Crippen molar-refractivity contribution in [1.29, 1.82) is 0 Å². The lowest BCUT2D eigenvalue weighted by atomic mass is 10.1. The summed E-state index contributed by atoms with van der Waals surface area (Å²) in [6.45, 7) is 5.16. The fourth-order valence-electron chi connectivity index (χ4n) is 4.30. The first-order valence-corrected chi connectivity index (χ1v) is 10.4. The predicted octanol–water partition coefficient (Wildman–Crippen LogP) is 1.33. The van der Waals surface area contributed by atoms with E-state index in [0.29, 0.717) is 6.61 Å². The molecule has 28 heavy (non-hydrogen) atoms. The molecule has 2 aliphatic rings. The first kappa shape index (κ1) is 19.1. The Labute approximate surface area is 167 Å². The van der Waals surface area contributed by atoms with Crippen LogP contribution in [0.4, 0.5) is 5.69 Å². The molecule has 0 aromatic heterocycles.